The van der Waals surface area contributed by atoms with Crippen LogP contribution in [0.4, 0.5) is 4.79 Å². The van der Waals surface area contributed by atoms with Crippen molar-refractivity contribution in [3.05, 3.63) is 0 Å². The van der Waals surface area contributed by atoms with Crippen LogP contribution in [0.15, 0.2) is 0 Å². The van der Waals surface area contributed by atoms with E-state index in [-0.39, 0.29) is 0 Å². The molecular formula is C7H15N3O2. The highest BCUT2D eigenvalue weighted by Gasteiger charge is 2.10. The molecule has 1 fully saturated rings. The molecular weight excluding hydrogens is 158 g/mol. The Kier molecular flexibility index (Phi) is 3.83. The van der Waals surface area contributed by atoms with Gasteiger partial charge < -0.3 is 20.6 Å². The molecule has 0 bridgehead atoms. The molecule has 0 radical (unpaired) electrons. The Labute approximate surface area is 71.7 Å². The van der Waals surface area contributed by atoms with E-state index in [9.17, 15) is 4.79 Å². The van der Waals surface area contributed by atoms with Gasteiger partial charge in [-0.15, -0.1) is 0 Å². The molecule has 1 rings (SSSR count). The highest BCUT2D eigenvalue weighted by molar-refractivity contribution is 5.64. The second kappa shape index (κ2) is 4.95. The van der Waals surface area contributed by atoms with E-state index in [2.05, 4.69) is 10.6 Å². The topological polar surface area (TPSA) is 64.6 Å². The van der Waals surface area contributed by atoms with Crippen LogP contribution in [0.2, 0.25) is 0 Å². The highest BCUT2D eigenvalue weighted by Crippen LogP contribution is 1.88. The third-order valence-electron chi connectivity index (χ3n) is 1.87. The van der Waals surface area contributed by atoms with Crippen molar-refractivity contribution in [3.8, 4) is 0 Å². The maximum Gasteiger partial charge on any atom is 0.407 e. The van der Waals surface area contributed by atoms with E-state index in [1.165, 1.54) is 4.90 Å². The van der Waals surface area contributed by atoms with Crippen molar-refractivity contribution in [1.29, 1.82) is 0 Å². The van der Waals surface area contributed by atoms with E-state index in [4.69, 9.17) is 5.11 Å². The minimum absolute atomic E-state index is 0.580. The zero-order valence-corrected chi connectivity index (χ0v) is 7.05. The third-order valence-corrected chi connectivity index (χ3v) is 1.87. The quantitative estimate of drug-likeness (QED) is 0.447. The number of amides is 1. The van der Waals surface area contributed by atoms with Crippen molar-refractivity contribution in [2.75, 3.05) is 39.3 Å². The summed E-state index contributed by atoms with van der Waals surface area (Å²) in [5.41, 5.74) is 0. The van der Waals surface area contributed by atoms with Crippen molar-refractivity contribution in [1.82, 2.24) is 15.5 Å². The minimum Gasteiger partial charge on any atom is -0.465 e. The molecule has 0 atom stereocenters. The fourth-order valence-corrected chi connectivity index (χ4v) is 1.16. The van der Waals surface area contributed by atoms with Crippen LogP contribution < -0.4 is 10.6 Å². The van der Waals surface area contributed by atoms with Gasteiger partial charge in [0.1, 0.15) is 0 Å². The van der Waals surface area contributed by atoms with Crippen LogP contribution in [-0.4, -0.2) is 55.4 Å². The highest BCUT2D eigenvalue weighted by atomic mass is 16.4. The Morgan fingerprint density at radius 1 is 1.08 bits per heavy atom. The second-order valence-electron chi connectivity index (χ2n) is 2.77. The largest absolute Gasteiger partial charge is 0.465 e. The second-order valence-corrected chi connectivity index (χ2v) is 2.77. The van der Waals surface area contributed by atoms with Gasteiger partial charge in [0.05, 0.1) is 0 Å². The Hall–Kier alpha value is -0.810. The first kappa shape index (κ1) is 9.28. The van der Waals surface area contributed by atoms with Crippen molar-refractivity contribution in [3.63, 3.8) is 0 Å². The van der Waals surface area contributed by atoms with E-state index >= 15 is 0 Å². The van der Waals surface area contributed by atoms with E-state index in [1.807, 2.05) is 0 Å². The Balaban J connectivity index is 2.33. The lowest BCUT2D eigenvalue weighted by atomic mass is 10.5. The fraction of sp³-hybridized carbons (Fsp3) is 0.857. The smallest absolute Gasteiger partial charge is 0.407 e. The minimum atomic E-state index is -0.833. The summed E-state index contributed by atoms with van der Waals surface area (Å²) in [6, 6.07) is 0. The molecule has 1 aliphatic rings. The molecule has 12 heavy (non-hydrogen) atoms. The van der Waals surface area contributed by atoms with Gasteiger partial charge in [0.25, 0.3) is 0 Å². The van der Waals surface area contributed by atoms with Crippen LogP contribution in [0.5, 0.6) is 0 Å². The van der Waals surface area contributed by atoms with E-state index < -0.39 is 6.09 Å². The van der Waals surface area contributed by atoms with Gasteiger partial charge in [0.15, 0.2) is 0 Å². The average molecular weight is 173 g/mol. The number of hydrogen-bond acceptors (Lipinski definition) is 3. The summed E-state index contributed by atoms with van der Waals surface area (Å²) in [5, 5.41) is 15.0. The molecule has 0 aromatic carbocycles. The van der Waals surface area contributed by atoms with Crippen molar-refractivity contribution >= 4 is 6.09 Å². The number of nitrogens with zero attached hydrogens (tertiary/aromatic N) is 1. The number of carbonyl (C=O) groups is 1. The molecule has 5 nitrogen and oxygen atoms in total. The molecule has 1 aliphatic heterocycles. The number of hydrogen-bond donors (Lipinski definition) is 3. The zero-order valence-electron chi connectivity index (χ0n) is 7.05. The Bertz CT molecular complexity index is 142. The summed E-state index contributed by atoms with van der Waals surface area (Å²) in [4.78, 5) is 12.0. The maximum absolute atomic E-state index is 10.6. The van der Waals surface area contributed by atoms with Gasteiger partial charge >= 0.3 is 6.09 Å². The van der Waals surface area contributed by atoms with Crippen molar-refractivity contribution < 1.29 is 9.90 Å². The summed E-state index contributed by atoms with van der Waals surface area (Å²) in [7, 11) is 0. The SMILES string of the molecule is O=C(O)N1CCNCCNCC1. The predicted molar refractivity (Wildman–Crippen MR) is 45.3 cm³/mol. The summed E-state index contributed by atoms with van der Waals surface area (Å²) >= 11 is 0. The molecule has 0 unspecified atom stereocenters. The lowest BCUT2D eigenvalue weighted by Gasteiger charge is -2.17. The van der Waals surface area contributed by atoms with Crippen molar-refractivity contribution in [2.24, 2.45) is 0 Å². The predicted octanol–water partition coefficient (Wildman–Crippen LogP) is -0.841. The van der Waals surface area contributed by atoms with E-state index in [0.717, 1.165) is 26.2 Å². The zero-order chi connectivity index (χ0) is 8.81. The number of rotatable bonds is 0. The van der Waals surface area contributed by atoms with Gasteiger partial charge in [-0.05, 0) is 0 Å². The molecule has 0 aliphatic carbocycles. The van der Waals surface area contributed by atoms with Gasteiger partial charge in [0, 0.05) is 39.3 Å². The third kappa shape index (κ3) is 3.06. The summed E-state index contributed by atoms with van der Waals surface area (Å²) in [6.45, 7) is 4.47. The summed E-state index contributed by atoms with van der Waals surface area (Å²) in [6.07, 6.45) is -0.833. The van der Waals surface area contributed by atoms with Crippen LogP contribution in [0.1, 0.15) is 0 Å². The molecule has 0 aromatic heterocycles. The fourth-order valence-electron chi connectivity index (χ4n) is 1.16. The van der Waals surface area contributed by atoms with Crippen LogP contribution in [-0.2, 0) is 0 Å². The first-order chi connectivity index (χ1) is 5.80. The molecule has 3 N–H and O–H groups in total. The van der Waals surface area contributed by atoms with Crippen LogP contribution in [0.25, 0.3) is 0 Å². The Morgan fingerprint density at radius 3 is 2.00 bits per heavy atom. The molecule has 1 saturated heterocycles. The van der Waals surface area contributed by atoms with E-state index in [1.54, 1.807) is 0 Å². The van der Waals surface area contributed by atoms with Crippen LogP contribution in [0, 0.1) is 0 Å². The molecule has 70 valence electrons. The molecule has 5 heteroatoms. The maximum atomic E-state index is 10.6. The van der Waals surface area contributed by atoms with E-state index in [0.29, 0.717) is 13.1 Å². The number of carboxylic acid groups (broad SMARTS) is 1. The van der Waals surface area contributed by atoms with Gasteiger partial charge in [-0.25, -0.2) is 4.79 Å². The average Bonchev–Trinajstić information content (AvgIpc) is 2.15. The van der Waals surface area contributed by atoms with Crippen LogP contribution in [0.3, 0.4) is 0 Å². The monoisotopic (exact) mass is 173 g/mol. The van der Waals surface area contributed by atoms with Gasteiger partial charge in [-0.3, -0.25) is 0 Å². The Morgan fingerprint density at radius 2 is 1.58 bits per heavy atom. The first-order valence-corrected chi connectivity index (χ1v) is 4.20. The molecule has 1 amide bonds. The van der Waals surface area contributed by atoms with Gasteiger partial charge in [-0.1, -0.05) is 0 Å². The normalized spacial score (nSPS) is 20.8. The van der Waals surface area contributed by atoms with Crippen molar-refractivity contribution in [2.45, 2.75) is 0 Å². The molecule has 0 aromatic rings. The summed E-state index contributed by atoms with van der Waals surface area (Å²) in [5.74, 6) is 0. The lowest BCUT2D eigenvalue weighted by molar-refractivity contribution is 0.146. The first-order valence-electron chi connectivity index (χ1n) is 4.20. The molecule has 1 heterocycles. The number of nitrogens with one attached hydrogen (secondary N) is 2. The molecule has 0 saturated carbocycles. The van der Waals surface area contributed by atoms with Crippen LogP contribution >= 0.6 is 0 Å². The lowest BCUT2D eigenvalue weighted by Crippen LogP contribution is -2.37. The summed E-state index contributed by atoms with van der Waals surface area (Å²) < 4.78 is 0. The van der Waals surface area contributed by atoms with Gasteiger partial charge in [0.2, 0.25) is 0 Å². The standard InChI is InChI=1S/C7H15N3O2/c11-7(12)10-5-3-8-1-2-9-4-6-10/h8-9H,1-6H2,(H,11,12). The van der Waals surface area contributed by atoms with Gasteiger partial charge in [-0.2, -0.15) is 0 Å². The molecule has 0 spiro atoms.